The number of nitrogens with zero attached hydrogens (tertiary/aromatic N) is 4. The lowest BCUT2D eigenvalue weighted by Gasteiger charge is -2.11. The lowest BCUT2D eigenvalue weighted by Crippen LogP contribution is -2.20. The van der Waals surface area contributed by atoms with E-state index in [0.29, 0.717) is 32.3 Å². The average Bonchev–Trinajstić information content (AvgIpc) is 2.94. The van der Waals surface area contributed by atoms with Gasteiger partial charge in [0.1, 0.15) is 5.75 Å². The van der Waals surface area contributed by atoms with Gasteiger partial charge in [-0.3, -0.25) is 14.9 Å². The van der Waals surface area contributed by atoms with Crippen molar-refractivity contribution in [3.63, 3.8) is 0 Å². The van der Waals surface area contributed by atoms with E-state index in [0.717, 1.165) is 5.56 Å². The number of nitro groups is 1. The summed E-state index contributed by atoms with van der Waals surface area (Å²) in [7, 11) is 0. The molecule has 0 saturated heterocycles. The van der Waals surface area contributed by atoms with Crippen molar-refractivity contribution in [2.45, 2.75) is 6.92 Å². The molecule has 0 aliphatic rings. The van der Waals surface area contributed by atoms with Crippen LogP contribution in [0.2, 0.25) is 0 Å². The third-order valence-electron chi connectivity index (χ3n) is 5.86. The summed E-state index contributed by atoms with van der Waals surface area (Å²) in [6.45, 7) is 1.97. The van der Waals surface area contributed by atoms with Crippen molar-refractivity contribution >= 4 is 44.7 Å². The maximum absolute atomic E-state index is 13.5. The zero-order chi connectivity index (χ0) is 27.5. The number of esters is 1. The minimum atomic E-state index is -0.702. The van der Waals surface area contributed by atoms with Gasteiger partial charge in [-0.05, 0) is 49.4 Å². The van der Waals surface area contributed by atoms with Crippen LogP contribution in [0.1, 0.15) is 21.5 Å². The van der Waals surface area contributed by atoms with Gasteiger partial charge in [-0.25, -0.2) is 9.78 Å². The second-order valence-electron chi connectivity index (χ2n) is 8.56. The fourth-order valence-corrected chi connectivity index (χ4v) is 4.21. The molecule has 0 N–H and O–H groups in total. The molecule has 10 heteroatoms. The Morgan fingerprint density at radius 2 is 1.74 bits per heavy atom. The zero-order valence-electron chi connectivity index (χ0n) is 20.4. The highest BCUT2D eigenvalue weighted by atomic mass is 79.9. The van der Waals surface area contributed by atoms with Crippen LogP contribution in [0, 0.1) is 17.0 Å². The van der Waals surface area contributed by atoms with Gasteiger partial charge in [0.25, 0.3) is 11.2 Å². The van der Waals surface area contributed by atoms with Crippen LogP contribution in [-0.2, 0) is 0 Å². The molecule has 0 unspecified atom stereocenters. The van der Waals surface area contributed by atoms with E-state index in [9.17, 15) is 19.7 Å². The zero-order valence-corrected chi connectivity index (χ0v) is 22.0. The van der Waals surface area contributed by atoms with Gasteiger partial charge >= 0.3 is 5.97 Å². The third-order valence-corrected chi connectivity index (χ3v) is 6.36. The van der Waals surface area contributed by atoms with Crippen molar-refractivity contribution in [2.75, 3.05) is 0 Å². The molecule has 5 rings (SSSR count). The van der Waals surface area contributed by atoms with Gasteiger partial charge in [0.05, 0.1) is 27.6 Å². The summed E-state index contributed by atoms with van der Waals surface area (Å²) in [4.78, 5) is 41.3. The number of benzene rings is 4. The lowest BCUT2D eigenvalue weighted by atomic mass is 10.1. The molecule has 0 amide bonds. The van der Waals surface area contributed by atoms with Gasteiger partial charge in [0.15, 0.2) is 5.82 Å². The van der Waals surface area contributed by atoms with Crippen LogP contribution in [0.15, 0.2) is 105 Å². The van der Waals surface area contributed by atoms with E-state index in [1.54, 1.807) is 36.4 Å². The van der Waals surface area contributed by atoms with E-state index in [2.05, 4.69) is 21.0 Å². The van der Waals surface area contributed by atoms with Crippen molar-refractivity contribution in [2.24, 2.45) is 5.10 Å². The molecule has 1 aromatic heterocycles. The largest absolute Gasteiger partial charge is 0.422 e. The first-order chi connectivity index (χ1) is 18.8. The standard InChI is InChI=1S/C29H19BrN4O5/c1-18-6-8-19(9-7-18)27-32-25-5-3-2-4-24(25)28(35)33(27)31-17-21-16-22(30)12-15-26(21)39-29(36)20-10-13-23(14-11-20)34(37)38/h2-17H,1H3. The Kier molecular flexibility index (Phi) is 7.11. The smallest absolute Gasteiger partial charge is 0.343 e. The first-order valence-electron chi connectivity index (χ1n) is 11.7. The van der Waals surface area contributed by atoms with Crippen molar-refractivity contribution in [1.29, 1.82) is 0 Å². The SMILES string of the molecule is Cc1ccc(-c2nc3ccccc3c(=O)n2N=Cc2cc(Br)ccc2OC(=O)c2ccc([N+](=O)[O-])cc2)cc1. The van der Waals surface area contributed by atoms with E-state index in [4.69, 9.17) is 9.72 Å². The molecular weight excluding hydrogens is 564 g/mol. The van der Waals surface area contributed by atoms with Crippen LogP contribution >= 0.6 is 15.9 Å². The van der Waals surface area contributed by atoms with E-state index in [1.807, 2.05) is 37.3 Å². The van der Waals surface area contributed by atoms with Crippen molar-refractivity contribution in [3.8, 4) is 17.1 Å². The number of nitro benzene ring substituents is 1. The molecule has 4 aromatic carbocycles. The maximum atomic E-state index is 13.5. The van der Waals surface area contributed by atoms with Crippen molar-refractivity contribution < 1.29 is 14.5 Å². The van der Waals surface area contributed by atoms with E-state index < -0.39 is 10.9 Å². The molecular formula is C29H19BrN4O5. The summed E-state index contributed by atoms with van der Waals surface area (Å²) in [5, 5.41) is 15.8. The highest BCUT2D eigenvalue weighted by Crippen LogP contribution is 2.24. The molecule has 0 bridgehead atoms. The molecule has 0 atom stereocenters. The number of hydrogen-bond acceptors (Lipinski definition) is 7. The molecule has 0 saturated carbocycles. The Hall–Kier alpha value is -4.96. The van der Waals surface area contributed by atoms with E-state index in [-0.39, 0.29) is 22.6 Å². The number of rotatable bonds is 6. The molecule has 39 heavy (non-hydrogen) atoms. The maximum Gasteiger partial charge on any atom is 0.343 e. The molecule has 1 heterocycles. The highest BCUT2D eigenvalue weighted by Gasteiger charge is 2.15. The van der Waals surface area contributed by atoms with Crippen LogP contribution in [-0.4, -0.2) is 26.8 Å². The second kappa shape index (κ2) is 10.8. The van der Waals surface area contributed by atoms with Crippen LogP contribution in [0.5, 0.6) is 5.75 Å². The van der Waals surface area contributed by atoms with Crippen LogP contribution < -0.4 is 10.3 Å². The van der Waals surface area contributed by atoms with Gasteiger partial charge in [-0.2, -0.15) is 9.78 Å². The Labute approximate surface area is 230 Å². The topological polar surface area (TPSA) is 117 Å². The Balaban J connectivity index is 1.55. The fourth-order valence-electron chi connectivity index (χ4n) is 3.83. The first-order valence-corrected chi connectivity index (χ1v) is 12.5. The van der Waals surface area contributed by atoms with Gasteiger partial charge in [0, 0.05) is 27.7 Å². The monoisotopic (exact) mass is 582 g/mol. The van der Waals surface area contributed by atoms with Crippen LogP contribution in [0.4, 0.5) is 5.69 Å². The number of carbonyl (C=O) groups is 1. The number of carbonyl (C=O) groups excluding carboxylic acids is 1. The summed E-state index contributed by atoms with van der Waals surface area (Å²) < 4.78 is 7.49. The molecule has 0 aliphatic heterocycles. The molecule has 9 nitrogen and oxygen atoms in total. The minimum absolute atomic E-state index is 0.137. The Morgan fingerprint density at radius 3 is 2.46 bits per heavy atom. The van der Waals surface area contributed by atoms with Crippen LogP contribution in [0.25, 0.3) is 22.3 Å². The molecule has 0 fully saturated rings. The number of fused-ring (bicyclic) bond motifs is 1. The Bertz CT molecular complexity index is 1810. The number of aryl methyl sites for hydroxylation is 1. The lowest BCUT2D eigenvalue weighted by molar-refractivity contribution is -0.384. The predicted molar refractivity (Wildman–Crippen MR) is 151 cm³/mol. The van der Waals surface area contributed by atoms with Gasteiger partial charge in [-0.15, -0.1) is 0 Å². The van der Waals surface area contributed by atoms with Gasteiger partial charge in [0.2, 0.25) is 0 Å². The molecule has 192 valence electrons. The summed E-state index contributed by atoms with van der Waals surface area (Å²) in [5.41, 5.74) is 2.38. The van der Waals surface area contributed by atoms with E-state index in [1.165, 1.54) is 35.2 Å². The minimum Gasteiger partial charge on any atom is -0.422 e. The van der Waals surface area contributed by atoms with Crippen LogP contribution in [0.3, 0.4) is 0 Å². The summed E-state index contributed by atoms with van der Waals surface area (Å²) in [5.74, 6) is -0.162. The Morgan fingerprint density at radius 1 is 1.03 bits per heavy atom. The summed E-state index contributed by atoms with van der Waals surface area (Å²) in [6, 6.07) is 24.7. The van der Waals surface area contributed by atoms with Gasteiger partial charge < -0.3 is 4.74 Å². The molecule has 0 aliphatic carbocycles. The van der Waals surface area contributed by atoms with E-state index >= 15 is 0 Å². The number of para-hydroxylation sites is 1. The predicted octanol–water partition coefficient (Wildman–Crippen LogP) is 6.14. The third kappa shape index (κ3) is 5.51. The fraction of sp³-hybridized carbons (Fsp3) is 0.0345. The number of halogens is 1. The second-order valence-corrected chi connectivity index (χ2v) is 9.47. The number of non-ortho nitro benzene ring substituents is 1. The molecule has 0 spiro atoms. The summed E-state index contributed by atoms with van der Waals surface area (Å²) >= 11 is 3.41. The van der Waals surface area contributed by atoms with Gasteiger partial charge in [-0.1, -0.05) is 57.9 Å². The number of aromatic nitrogens is 2. The van der Waals surface area contributed by atoms with Crippen molar-refractivity contribution in [3.05, 3.63) is 133 Å². The highest BCUT2D eigenvalue weighted by molar-refractivity contribution is 9.10. The molecule has 5 aromatic rings. The average molecular weight is 583 g/mol. The summed E-state index contributed by atoms with van der Waals surface area (Å²) in [6.07, 6.45) is 1.42. The number of hydrogen-bond donors (Lipinski definition) is 0. The normalized spacial score (nSPS) is 11.1. The number of ether oxygens (including phenoxy) is 1. The first kappa shape index (κ1) is 25.7. The quantitative estimate of drug-likeness (QED) is 0.0779. The van der Waals surface area contributed by atoms with Crippen molar-refractivity contribution in [1.82, 2.24) is 9.66 Å². The molecule has 0 radical (unpaired) electrons.